The number of benzene rings is 2. The summed E-state index contributed by atoms with van der Waals surface area (Å²) in [6.45, 7) is 6.60. The highest BCUT2D eigenvalue weighted by molar-refractivity contribution is 5.97. The molecule has 1 heterocycles. The van der Waals surface area contributed by atoms with Gasteiger partial charge in [-0.15, -0.1) is 0 Å². The Morgan fingerprint density at radius 3 is 2.58 bits per heavy atom. The number of amides is 1. The minimum absolute atomic E-state index is 0.0147. The number of hydrogen-bond acceptors (Lipinski definition) is 4. The van der Waals surface area contributed by atoms with Crippen LogP contribution < -0.4 is 15.1 Å². The molecule has 1 aliphatic heterocycles. The Balaban J connectivity index is 1.59. The zero-order chi connectivity index (χ0) is 18.4. The van der Waals surface area contributed by atoms with Gasteiger partial charge in [-0.25, -0.2) is 0 Å². The first-order valence-corrected chi connectivity index (χ1v) is 9.13. The van der Waals surface area contributed by atoms with Gasteiger partial charge >= 0.3 is 0 Å². The van der Waals surface area contributed by atoms with Crippen LogP contribution in [-0.2, 0) is 4.74 Å². The average Bonchev–Trinajstić information content (AvgIpc) is 2.69. The Hall–Kier alpha value is -2.53. The monoisotopic (exact) mass is 353 g/mol. The first-order valence-electron chi connectivity index (χ1n) is 9.13. The standard InChI is InChI=1S/C21H27N3O2/c1-17-19(9-6-10-20(17)24-13-15-26-16-14-24)21(25)22-11-12-23(2)18-7-4-3-5-8-18/h3-10H,11-16H2,1-2H3,(H,22,25). The number of rotatable bonds is 6. The van der Waals surface area contributed by atoms with Crippen molar-refractivity contribution < 1.29 is 9.53 Å². The maximum absolute atomic E-state index is 12.6. The van der Waals surface area contributed by atoms with Gasteiger partial charge in [-0.1, -0.05) is 24.3 Å². The van der Waals surface area contributed by atoms with Crippen molar-refractivity contribution in [2.75, 3.05) is 56.2 Å². The van der Waals surface area contributed by atoms with E-state index in [0.717, 1.165) is 55.3 Å². The summed E-state index contributed by atoms with van der Waals surface area (Å²) < 4.78 is 5.43. The van der Waals surface area contributed by atoms with E-state index in [2.05, 4.69) is 33.3 Å². The van der Waals surface area contributed by atoms with E-state index in [4.69, 9.17) is 4.74 Å². The SMILES string of the molecule is Cc1c(C(=O)NCCN(C)c2ccccc2)cccc1N1CCOCC1. The van der Waals surface area contributed by atoms with Gasteiger partial charge in [-0.2, -0.15) is 0 Å². The smallest absolute Gasteiger partial charge is 0.251 e. The predicted octanol–water partition coefficient (Wildman–Crippen LogP) is 2.70. The predicted molar refractivity (Wildman–Crippen MR) is 106 cm³/mol. The number of morpholine rings is 1. The molecule has 3 rings (SSSR count). The van der Waals surface area contributed by atoms with Crippen LogP contribution in [0.5, 0.6) is 0 Å². The van der Waals surface area contributed by atoms with Crippen molar-refractivity contribution in [3.05, 3.63) is 59.7 Å². The van der Waals surface area contributed by atoms with Crippen LogP contribution in [0.25, 0.3) is 0 Å². The van der Waals surface area contributed by atoms with Gasteiger partial charge in [0.05, 0.1) is 13.2 Å². The first-order chi connectivity index (χ1) is 12.7. The lowest BCUT2D eigenvalue weighted by Crippen LogP contribution is -2.37. The molecule has 26 heavy (non-hydrogen) atoms. The number of likely N-dealkylation sites (N-methyl/N-ethyl adjacent to an activating group) is 1. The van der Waals surface area contributed by atoms with Gasteiger partial charge in [0, 0.05) is 50.2 Å². The second kappa shape index (κ2) is 8.72. The molecule has 1 amide bonds. The molecule has 1 fully saturated rings. The molecule has 0 bridgehead atoms. The van der Waals surface area contributed by atoms with Gasteiger partial charge in [-0.05, 0) is 36.8 Å². The maximum Gasteiger partial charge on any atom is 0.251 e. The Bertz CT molecular complexity index is 727. The third-order valence-electron chi connectivity index (χ3n) is 4.83. The molecule has 2 aromatic carbocycles. The van der Waals surface area contributed by atoms with Crippen LogP contribution >= 0.6 is 0 Å². The van der Waals surface area contributed by atoms with E-state index in [9.17, 15) is 4.79 Å². The van der Waals surface area contributed by atoms with Crippen molar-refractivity contribution in [3.8, 4) is 0 Å². The van der Waals surface area contributed by atoms with Crippen LogP contribution in [0, 0.1) is 6.92 Å². The number of nitrogens with zero attached hydrogens (tertiary/aromatic N) is 2. The fraction of sp³-hybridized carbons (Fsp3) is 0.381. The van der Waals surface area contributed by atoms with Crippen molar-refractivity contribution in [2.45, 2.75) is 6.92 Å². The van der Waals surface area contributed by atoms with Crippen LogP contribution in [0.4, 0.5) is 11.4 Å². The van der Waals surface area contributed by atoms with Crippen molar-refractivity contribution in [2.24, 2.45) is 0 Å². The van der Waals surface area contributed by atoms with Crippen LogP contribution in [0.1, 0.15) is 15.9 Å². The second-order valence-electron chi connectivity index (χ2n) is 6.56. The average molecular weight is 353 g/mol. The lowest BCUT2D eigenvalue weighted by atomic mass is 10.0. The molecule has 138 valence electrons. The summed E-state index contributed by atoms with van der Waals surface area (Å²) in [5.74, 6) is -0.0147. The molecule has 0 unspecified atom stereocenters. The van der Waals surface area contributed by atoms with Crippen molar-refractivity contribution in [1.29, 1.82) is 0 Å². The summed E-state index contributed by atoms with van der Waals surface area (Å²) in [5.41, 5.74) is 4.05. The Morgan fingerprint density at radius 1 is 1.12 bits per heavy atom. The minimum Gasteiger partial charge on any atom is -0.378 e. The molecular weight excluding hydrogens is 326 g/mol. The van der Waals surface area contributed by atoms with Gasteiger partial charge < -0.3 is 19.9 Å². The molecule has 5 heteroatoms. The number of hydrogen-bond donors (Lipinski definition) is 1. The topological polar surface area (TPSA) is 44.8 Å². The quantitative estimate of drug-likeness (QED) is 0.867. The summed E-state index contributed by atoms with van der Waals surface area (Å²) >= 11 is 0. The molecule has 5 nitrogen and oxygen atoms in total. The van der Waals surface area contributed by atoms with Crippen LogP contribution in [0.3, 0.4) is 0 Å². The number of carbonyl (C=O) groups excluding carboxylic acids is 1. The third-order valence-corrected chi connectivity index (χ3v) is 4.83. The van der Waals surface area contributed by atoms with Crippen molar-refractivity contribution in [1.82, 2.24) is 5.32 Å². The van der Waals surface area contributed by atoms with Gasteiger partial charge in [0.2, 0.25) is 0 Å². The molecule has 0 radical (unpaired) electrons. The number of nitrogens with one attached hydrogen (secondary N) is 1. The van der Waals surface area contributed by atoms with Crippen LogP contribution in [0.15, 0.2) is 48.5 Å². The number of anilines is 2. The lowest BCUT2D eigenvalue weighted by Gasteiger charge is -2.30. The highest BCUT2D eigenvalue weighted by Gasteiger charge is 2.17. The summed E-state index contributed by atoms with van der Waals surface area (Å²) in [7, 11) is 2.03. The molecule has 0 aromatic heterocycles. The first kappa shape index (κ1) is 18.3. The zero-order valence-electron chi connectivity index (χ0n) is 15.6. The van der Waals surface area contributed by atoms with E-state index in [-0.39, 0.29) is 5.91 Å². The number of ether oxygens (including phenoxy) is 1. The summed E-state index contributed by atoms with van der Waals surface area (Å²) in [4.78, 5) is 17.1. The molecule has 1 aliphatic rings. The minimum atomic E-state index is -0.0147. The van der Waals surface area contributed by atoms with Crippen molar-refractivity contribution in [3.63, 3.8) is 0 Å². The van der Waals surface area contributed by atoms with E-state index in [1.165, 1.54) is 0 Å². The van der Waals surface area contributed by atoms with Crippen LogP contribution in [-0.4, -0.2) is 52.3 Å². The van der Waals surface area contributed by atoms with Gasteiger partial charge in [-0.3, -0.25) is 4.79 Å². The van der Waals surface area contributed by atoms with Gasteiger partial charge in [0.25, 0.3) is 5.91 Å². The number of para-hydroxylation sites is 1. The van der Waals surface area contributed by atoms with Crippen LogP contribution in [0.2, 0.25) is 0 Å². The molecule has 0 atom stereocenters. The number of carbonyl (C=O) groups is 1. The molecule has 0 saturated carbocycles. The normalized spacial score (nSPS) is 14.2. The van der Waals surface area contributed by atoms with Gasteiger partial charge in [0.15, 0.2) is 0 Å². The van der Waals surface area contributed by atoms with Crippen molar-refractivity contribution >= 4 is 17.3 Å². The summed E-state index contributed by atoms with van der Waals surface area (Å²) in [6.07, 6.45) is 0. The fourth-order valence-electron chi connectivity index (χ4n) is 3.26. The summed E-state index contributed by atoms with van der Waals surface area (Å²) in [6, 6.07) is 16.1. The second-order valence-corrected chi connectivity index (χ2v) is 6.56. The van der Waals surface area contributed by atoms with E-state index in [0.29, 0.717) is 6.54 Å². The third kappa shape index (κ3) is 4.35. The Labute approximate surface area is 155 Å². The van der Waals surface area contributed by atoms with E-state index >= 15 is 0 Å². The van der Waals surface area contributed by atoms with E-state index in [1.54, 1.807) is 0 Å². The fourth-order valence-corrected chi connectivity index (χ4v) is 3.26. The van der Waals surface area contributed by atoms with E-state index < -0.39 is 0 Å². The molecule has 0 spiro atoms. The van der Waals surface area contributed by atoms with Gasteiger partial charge in [0.1, 0.15) is 0 Å². The summed E-state index contributed by atoms with van der Waals surface area (Å²) in [5, 5.41) is 3.05. The highest BCUT2D eigenvalue weighted by Crippen LogP contribution is 2.24. The molecular formula is C21H27N3O2. The highest BCUT2D eigenvalue weighted by atomic mass is 16.5. The lowest BCUT2D eigenvalue weighted by molar-refractivity contribution is 0.0954. The molecule has 0 aliphatic carbocycles. The molecule has 1 saturated heterocycles. The Morgan fingerprint density at radius 2 is 1.85 bits per heavy atom. The van der Waals surface area contributed by atoms with E-state index in [1.807, 2.05) is 44.3 Å². The molecule has 2 aromatic rings. The zero-order valence-corrected chi connectivity index (χ0v) is 15.6. The Kier molecular flexibility index (Phi) is 6.12. The maximum atomic E-state index is 12.6. The largest absolute Gasteiger partial charge is 0.378 e. The molecule has 1 N–H and O–H groups in total.